The van der Waals surface area contributed by atoms with Gasteiger partial charge < -0.3 is 10.2 Å². The van der Waals surface area contributed by atoms with Crippen LogP contribution in [-0.4, -0.2) is 46.5 Å². The van der Waals surface area contributed by atoms with Gasteiger partial charge in [0.1, 0.15) is 0 Å². The van der Waals surface area contributed by atoms with Gasteiger partial charge in [0.15, 0.2) is 0 Å². The number of nitrogens with zero attached hydrogens (tertiary/aromatic N) is 1. The summed E-state index contributed by atoms with van der Waals surface area (Å²) < 4.78 is 0. The highest BCUT2D eigenvalue weighted by Crippen LogP contribution is 2.34. The van der Waals surface area contributed by atoms with Crippen LogP contribution in [0.3, 0.4) is 0 Å². The Morgan fingerprint density at radius 1 is 1.18 bits per heavy atom. The molecule has 2 aliphatic heterocycles. The summed E-state index contributed by atoms with van der Waals surface area (Å²) in [7, 11) is 2.04. The molecule has 0 spiro atoms. The maximum Gasteiger partial charge on any atom is 0.0711 e. The van der Waals surface area contributed by atoms with Crippen LogP contribution in [0.1, 0.15) is 19.3 Å². The molecule has 2 bridgehead atoms. The molecule has 0 unspecified atom stereocenters. The number of likely N-dealkylation sites (N-methyl/N-ethyl adjacent to an activating group) is 1. The van der Waals surface area contributed by atoms with Crippen molar-refractivity contribution in [2.45, 2.75) is 43.6 Å². The molecule has 0 aromatic heterocycles. The molecule has 0 aromatic rings. The quantitative estimate of drug-likeness (QED) is 0.501. The molecule has 0 saturated carbocycles. The first-order chi connectivity index (χ1) is 5.18. The maximum absolute atomic E-state index is 9.53. The first kappa shape index (κ1) is 7.53. The van der Waals surface area contributed by atoms with Crippen molar-refractivity contribution in [3.8, 4) is 0 Å². The van der Waals surface area contributed by atoms with Gasteiger partial charge in [-0.25, -0.2) is 0 Å². The van der Waals surface area contributed by atoms with Gasteiger partial charge in [-0.15, -0.1) is 0 Å². The summed E-state index contributed by atoms with van der Waals surface area (Å²) in [6.45, 7) is 0. The molecule has 4 atom stereocenters. The average Bonchev–Trinajstić information content (AvgIpc) is 2.17. The molecule has 0 radical (unpaired) electrons. The SMILES string of the molecule is CN1[C@H]2C[C@H](O)C[C@H]1[C@H](O)C2. The van der Waals surface area contributed by atoms with E-state index in [9.17, 15) is 10.2 Å². The summed E-state index contributed by atoms with van der Waals surface area (Å²) in [5.41, 5.74) is 0. The lowest BCUT2D eigenvalue weighted by Crippen LogP contribution is -2.44. The number of aliphatic hydroxyl groups excluding tert-OH is 2. The number of aliphatic hydroxyl groups is 2. The van der Waals surface area contributed by atoms with Gasteiger partial charge >= 0.3 is 0 Å². The third-order valence-corrected chi connectivity index (χ3v) is 3.11. The van der Waals surface area contributed by atoms with Crippen LogP contribution in [0.5, 0.6) is 0 Å². The van der Waals surface area contributed by atoms with Gasteiger partial charge in [-0.1, -0.05) is 0 Å². The standard InChI is InChI=1S/C8H15NO2/c1-9-5-2-6(10)4-7(9)8(11)3-5/h5-8,10-11H,2-4H2,1H3/t5-,6-,7-,8+/m0/s1. The summed E-state index contributed by atoms with van der Waals surface area (Å²) in [5.74, 6) is 0. The molecular weight excluding hydrogens is 142 g/mol. The molecule has 0 aliphatic carbocycles. The fourth-order valence-electron chi connectivity index (χ4n) is 2.42. The van der Waals surface area contributed by atoms with Crippen LogP contribution < -0.4 is 0 Å². The Hall–Kier alpha value is -0.120. The van der Waals surface area contributed by atoms with E-state index in [-0.39, 0.29) is 18.2 Å². The summed E-state index contributed by atoms with van der Waals surface area (Å²) in [6, 6.07) is 0.627. The zero-order valence-corrected chi connectivity index (χ0v) is 6.77. The highest BCUT2D eigenvalue weighted by molar-refractivity contribution is 4.98. The predicted molar refractivity (Wildman–Crippen MR) is 41.2 cm³/mol. The van der Waals surface area contributed by atoms with Gasteiger partial charge in [0.25, 0.3) is 0 Å². The molecule has 2 N–H and O–H groups in total. The van der Waals surface area contributed by atoms with Gasteiger partial charge in [-0.05, 0) is 26.3 Å². The Bertz CT molecular complexity index is 160. The number of rotatable bonds is 0. The van der Waals surface area contributed by atoms with Crippen molar-refractivity contribution >= 4 is 0 Å². The second-order valence-electron chi connectivity index (χ2n) is 3.81. The summed E-state index contributed by atoms with van der Waals surface area (Å²) in [5, 5.41) is 18.9. The number of hydrogen-bond donors (Lipinski definition) is 2. The Morgan fingerprint density at radius 3 is 2.55 bits per heavy atom. The zero-order chi connectivity index (χ0) is 8.01. The fourth-order valence-corrected chi connectivity index (χ4v) is 2.42. The molecule has 2 aliphatic rings. The predicted octanol–water partition coefficient (Wildman–Crippen LogP) is -0.425. The fraction of sp³-hybridized carbons (Fsp3) is 1.00. The van der Waals surface area contributed by atoms with Gasteiger partial charge in [0, 0.05) is 12.1 Å². The van der Waals surface area contributed by atoms with E-state index in [0.29, 0.717) is 6.04 Å². The lowest BCUT2D eigenvalue weighted by molar-refractivity contribution is 0.0282. The third-order valence-electron chi connectivity index (χ3n) is 3.11. The molecule has 0 aromatic carbocycles. The largest absolute Gasteiger partial charge is 0.393 e. The van der Waals surface area contributed by atoms with Crippen LogP contribution >= 0.6 is 0 Å². The minimum Gasteiger partial charge on any atom is -0.393 e. The van der Waals surface area contributed by atoms with E-state index >= 15 is 0 Å². The number of hydrogen-bond acceptors (Lipinski definition) is 3. The molecule has 11 heavy (non-hydrogen) atoms. The number of fused-ring (bicyclic) bond motifs is 2. The van der Waals surface area contributed by atoms with Gasteiger partial charge in [-0.2, -0.15) is 0 Å². The van der Waals surface area contributed by atoms with Crippen LogP contribution in [-0.2, 0) is 0 Å². The lowest BCUT2D eigenvalue weighted by atomic mass is 10.0. The minimum absolute atomic E-state index is 0.182. The molecule has 2 rings (SSSR count). The molecular formula is C8H15NO2. The Kier molecular flexibility index (Phi) is 1.67. The van der Waals surface area contributed by atoms with E-state index in [0.717, 1.165) is 19.3 Å². The van der Waals surface area contributed by atoms with Crippen LogP contribution in [0.15, 0.2) is 0 Å². The van der Waals surface area contributed by atoms with Gasteiger partial charge in [0.05, 0.1) is 12.2 Å². The van der Waals surface area contributed by atoms with E-state index in [1.165, 1.54) is 0 Å². The third kappa shape index (κ3) is 1.08. The number of piperidine rings is 1. The summed E-state index contributed by atoms with van der Waals surface area (Å²) >= 11 is 0. The molecule has 2 fully saturated rings. The van der Waals surface area contributed by atoms with Gasteiger partial charge in [-0.3, -0.25) is 4.90 Å². The van der Waals surface area contributed by atoms with Crippen LogP contribution in [0.4, 0.5) is 0 Å². The van der Waals surface area contributed by atoms with E-state index in [2.05, 4.69) is 4.90 Å². The van der Waals surface area contributed by atoms with E-state index in [1.54, 1.807) is 0 Å². The van der Waals surface area contributed by atoms with Crippen LogP contribution in [0.2, 0.25) is 0 Å². The van der Waals surface area contributed by atoms with Crippen molar-refractivity contribution in [1.82, 2.24) is 4.90 Å². The van der Waals surface area contributed by atoms with E-state index in [4.69, 9.17) is 0 Å². The van der Waals surface area contributed by atoms with Crippen molar-refractivity contribution in [2.24, 2.45) is 0 Å². The monoisotopic (exact) mass is 157 g/mol. The average molecular weight is 157 g/mol. The zero-order valence-electron chi connectivity index (χ0n) is 6.77. The molecule has 64 valence electrons. The van der Waals surface area contributed by atoms with Crippen molar-refractivity contribution in [2.75, 3.05) is 7.05 Å². The first-order valence-electron chi connectivity index (χ1n) is 4.26. The van der Waals surface area contributed by atoms with Gasteiger partial charge in [0.2, 0.25) is 0 Å². The Labute approximate surface area is 66.6 Å². The smallest absolute Gasteiger partial charge is 0.0711 e. The second-order valence-corrected chi connectivity index (χ2v) is 3.81. The highest BCUT2D eigenvalue weighted by Gasteiger charge is 2.43. The lowest BCUT2D eigenvalue weighted by Gasteiger charge is -2.34. The summed E-state index contributed by atoms with van der Waals surface area (Å²) in [4.78, 5) is 2.21. The molecule has 3 heteroatoms. The van der Waals surface area contributed by atoms with E-state index in [1.807, 2.05) is 7.05 Å². The summed E-state index contributed by atoms with van der Waals surface area (Å²) in [6.07, 6.45) is 2.04. The molecule has 3 nitrogen and oxygen atoms in total. The highest BCUT2D eigenvalue weighted by atomic mass is 16.3. The first-order valence-corrected chi connectivity index (χ1v) is 4.26. The Balaban J connectivity index is 2.14. The van der Waals surface area contributed by atoms with Crippen molar-refractivity contribution in [1.29, 1.82) is 0 Å². The van der Waals surface area contributed by atoms with Crippen LogP contribution in [0, 0.1) is 0 Å². The topological polar surface area (TPSA) is 43.7 Å². The molecule has 0 amide bonds. The second kappa shape index (κ2) is 2.44. The molecule has 2 saturated heterocycles. The van der Waals surface area contributed by atoms with Crippen molar-refractivity contribution in [3.63, 3.8) is 0 Å². The van der Waals surface area contributed by atoms with Crippen molar-refractivity contribution < 1.29 is 10.2 Å². The van der Waals surface area contributed by atoms with Crippen molar-refractivity contribution in [3.05, 3.63) is 0 Å². The van der Waals surface area contributed by atoms with E-state index < -0.39 is 0 Å². The minimum atomic E-state index is -0.206. The molecule has 2 heterocycles. The normalized spacial score (nSPS) is 51.5. The Morgan fingerprint density at radius 2 is 1.91 bits per heavy atom. The maximum atomic E-state index is 9.53. The van der Waals surface area contributed by atoms with Crippen LogP contribution in [0.25, 0.3) is 0 Å².